The van der Waals surface area contributed by atoms with Crippen LogP contribution in [0.5, 0.6) is 0 Å². The first-order valence-electron chi connectivity index (χ1n) is 5.91. The summed E-state index contributed by atoms with van der Waals surface area (Å²) in [7, 11) is 0. The minimum absolute atomic E-state index is 0.0935. The number of amides is 1. The van der Waals surface area contributed by atoms with E-state index in [0.29, 0.717) is 31.7 Å². The molecule has 1 amide bonds. The van der Waals surface area contributed by atoms with Crippen LogP contribution in [0.2, 0.25) is 0 Å². The van der Waals surface area contributed by atoms with Gasteiger partial charge in [-0.15, -0.1) is 0 Å². The van der Waals surface area contributed by atoms with Gasteiger partial charge >= 0.3 is 0 Å². The maximum atomic E-state index is 11.9. The molecule has 1 aromatic rings. The average Bonchev–Trinajstić information content (AvgIpc) is 2.77. The van der Waals surface area contributed by atoms with Crippen molar-refractivity contribution in [2.24, 2.45) is 0 Å². The van der Waals surface area contributed by atoms with E-state index in [1.165, 1.54) is 0 Å². The number of rotatable bonds is 4. The number of halogens is 1. The van der Waals surface area contributed by atoms with Gasteiger partial charge in [0.1, 0.15) is 0 Å². The van der Waals surface area contributed by atoms with Gasteiger partial charge in [0, 0.05) is 17.4 Å². The molecule has 1 heterocycles. The molecule has 0 saturated carbocycles. The zero-order valence-corrected chi connectivity index (χ0v) is 11.8. The third kappa shape index (κ3) is 3.31. The van der Waals surface area contributed by atoms with Gasteiger partial charge in [-0.2, -0.15) is 0 Å². The number of carbonyl (C=O) groups excluding carboxylic acids is 1. The third-order valence-electron chi connectivity index (χ3n) is 2.88. The Labute approximate surface area is 115 Å². The minimum atomic E-state index is -0.554. The molecule has 4 nitrogen and oxygen atoms in total. The van der Waals surface area contributed by atoms with Crippen LogP contribution in [0.25, 0.3) is 0 Å². The lowest BCUT2D eigenvalue weighted by atomic mass is 10.2. The number of hydrogen-bond donors (Lipinski definition) is 1. The molecular weight excluding hydrogens is 298 g/mol. The largest absolute Gasteiger partial charge is 0.352 e. The summed E-state index contributed by atoms with van der Waals surface area (Å²) in [5, 5.41) is 2.86. The molecule has 18 heavy (non-hydrogen) atoms. The maximum Gasteiger partial charge on any atom is 0.252 e. The predicted octanol–water partition coefficient (Wildman–Crippen LogP) is 2.33. The first-order valence-corrected chi connectivity index (χ1v) is 6.71. The molecule has 0 spiro atoms. The second kappa shape index (κ2) is 5.82. The topological polar surface area (TPSA) is 47.6 Å². The van der Waals surface area contributed by atoms with Gasteiger partial charge in [-0.05, 0) is 35.0 Å². The van der Waals surface area contributed by atoms with Gasteiger partial charge in [-0.25, -0.2) is 0 Å². The van der Waals surface area contributed by atoms with Crippen LogP contribution in [-0.4, -0.2) is 31.5 Å². The molecule has 1 aromatic carbocycles. The van der Waals surface area contributed by atoms with E-state index in [2.05, 4.69) is 21.2 Å². The summed E-state index contributed by atoms with van der Waals surface area (Å²) in [5.74, 6) is -0.648. The summed E-state index contributed by atoms with van der Waals surface area (Å²) in [5.41, 5.74) is 0.635. The minimum Gasteiger partial charge on any atom is -0.352 e. The normalized spacial score (nSPS) is 17.7. The highest BCUT2D eigenvalue weighted by atomic mass is 79.9. The van der Waals surface area contributed by atoms with Gasteiger partial charge < -0.3 is 14.8 Å². The summed E-state index contributed by atoms with van der Waals surface area (Å²) >= 11 is 3.36. The van der Waals surface area contributed by atoms with Crippen molar-refractivity contribution in [2.75, 3.05) is 19.8 Å². The van der Waals surface area contributed by atoms with Crippen molar-refractivity contribution in [2.45, 2.75) is 19.1 Å². The van der Waals surface area contributed by atoms with Crippen LogP contribution in [0.1, 0.15) is 23.7 Å². The Bertz CT molecular complexity index is 430. The zero-order chi connectivity index (χ0) is 13.0. The number of benzene rings is 1. The van der Waals surface area contributed by atoms with E-state index >= 15 is 0 Å². The van der Waals surface area contributed by atoms with Crippen LogP contribution in [0, 0.1) is 0 Å². The Hall–Kier alpha value is -0.910. The molecule has 2 rings (SSSR count). The standard InChI is InChI=1S/C13H16BrNO3/c1-13(17-8-9-18-13)6-7-15-12(16)10-4-2-3-5-11(10)14/h2-5H,6-9H2,1H3,(H,15,16). The Kier molecular flexibility index (Phi) is 4.37. The molecule has 0 atom stereocenters. The highest BCUT2D eigenvalue weighted by Crippen LogP contribution is 2.22. The lowest BCUT2D eigenvalue weighted by Gasteiger charge is -2.22. The van der Waals surface area contributed by atoms with Crippen molar-refractivity contribution in [1.82, 2.24) is 5.32 Å². The van der Waals surface area contributed by atoms with Gasteiger partial charge in [0.15, 0.2) is 5.79 Å². The second-order valence-electron chi connectivity index (χ2n) is 4.32. The van der Waals surface area contributed by atoms with Crippen LogP contribution >= 0.6 is 15.9 Å². The lowest BCUT2D eigenvalue weighted by molar-refractivity contribution is -0.145. The molecular formula is C13H16BrNO3. The maximum absolute atomic E-state index is 11.9. The average molecular weight is 314 g/mol. The second-order valence-corrected chi connectivity index (χ2v) is 5.17. The zero-order valence-electron chi connectivity index (χ0n) is 10.2. The van der Waals surface area contributed by atoms with Crippen LogP contribution < -0.4 is 5.32 Å². The van der Waals surface area contributed by atoms with Crippen molar-refractivity contribution in [3.8, 4) is 0 Å². The summed E-state index contributed by atoms with van der Waals surface area (Å²) in [6.07, 6.45) is 0.642. The smallest absolute Gasteiger partial charge is 0.252 e. The van der Waals surface area contributed by atoms with E-state index < -0.39 is 5.79 Å². The summed E-state index contributed by atoms with van der Waals surface area (Å²) in [6, 6.07) is 7.34. The van der Waals surface area contributed by atoms with Gasteiger partial charge in [0.2, 0.25) is 0 Å². The first-order chi connectivity index (χ1) is 8.61. The number of hydrogen-bond acceptors (Lipinski definition) is 3. The number of nitrogens with one attached hydrogen (secondary N) is 1. The Morgan fingerprint density at radius 2 is 2.06 bits per heavy atom. The predicted molar refractivity (Wildman–Crippen MR) is 71.4 cm³/mol. The quantitative estimate of drug-likeness (QED) is 0.928. The van der Waals surface area contributed by atoms with Crippen LogP contribution in [0.4, 0.5) is 0 Å². The van der Waals surface area contributed by atoms with Crippen molar-refractivity contribution >= 4 is 21.8 Å². The Morgan fingerprint density at radius 3 is 2.72 bits per heavy atom. The molecule has 1 fully saturated rings. The van der Waals surface area contributed by atoms with Gasteiger partial charge in [-0.1, -0.05) is 12.1 Å². The van der Waals surface area contributed by atoms with E-state index in [1.54, 1.807) is 6.07 Å². The molecule has 0 aromatic heterocycles. The summed E-state index contributed by atoms with van der Waals surface area (Å²) in [6.45, 7) is 3.66. The lowest BCUT2D eigenvalue weighted by Crippen LogP contribution is -2.33. The summed E-state index contributed by atoms with van der Waals surface area (Å²) in [4.78, 5) is 11.9. The molecule has 1 aliphatic rings. The molecule has 5 heteroatoms. The van der Waals surface area contributed by atoms with Crippen molar-refractivity contribution in [3.05, 3.63) is 34.3 Å². The van der Waals surface area contributed by atoms with Gasteiger partial charge in [0.25, 0.3) is 5.91 Å². The SMILES string of the molecule is CC1(CCNC(=O)c2ccccc2Br)OCCO1. The molecule has 0 aliphatic carbocycles. The van der Waals surface area contributed by atoms with Crippen LogP contribution in [0.3, 0.4) is 0 Å². The van der Waals surface area contributed by atoms with E-state index in [9.17, 15) is 4.79 Å². The molecule has 1 saturated heterocycles. The van der Waals surface area contributed by atoms with E-state index in [1.807, 2.05) is 25.1 Å². The fraction of sp³-hybridized carbons (Fsp3) is 0.462. The molecule has 98 valence electrons. The van der Waals surface area contributed by atoms with E-state index in [-0.39, 0.29) is 5.91 Å². The number of ether oxygens (including phenoxy) is 2. The van der Waals surface area contributed by atoms with E-state index in [4.69, 9.17) is 9.47 Å². The Balaban J connectivity index is 1.84. The van der Waals surface area contributed by atoms with Crippen LogP contribution in [0.15, 0.2) is 28.7 Å². The Morgan fingerprint density at radius 1 is 1.39 bits per heavy atom. The number of carbonyl (C=O) groups is 1. The highest BCUT2D eigenvalue weighted by Gasteiger charge is 2.30. The molecule has 0 radical (unpaired) electrons. The summed E-state index contributed by atoms with van der Waals surface area (Å²) < 4.78 is 11.7. The fourth-order valence-electron chi connectivity index (χ4n) is 1.84. The van der Waals surface area contributed by atoms with Crippen molar-refractivity contribution in [3.63, 3.8) is 0 Å². The molecule has 1 N–H and O–H groups in total. The van der Waals surface area contributed by atoms with Crippen LogP contribution in [-0.2, 0) is 9.47 Å². The monoisotopic (exact) mass is 313 g/mol. The van der Waals surface area contributed by atoms with Crippen molar-refractivity contribution in [1.29, 1.82) is 0 Å². The van der Waals surface area contributed by atoms with Gasteiger partial charge in [-0.3, -0.25) is 4.79 Å². The fourth-order valence-corrected chi connectivity index (χ4v) is 2.31. The van der Waals surface area contributed by atoms with Crippen molar-refractivity contribution < 1.29 is 14.3 Å². The molecule has 0 bridgehead atoms. The van der Waals surface area contributed by atoms with Gasteiger partial charge in [0.05, 0.1) is 18.8 Å². The highest BCUT2D eigenvalue weighted by molar-refractivity contribution is 9.10. The molecule has 1 aliphatic heterocycles. The molecule has 0 unspecified atom stereocenters. The van der Waals surface area contributed by atoms with E-state index in [0.717, 1.165) is 4.47 Å². The third-order valence-corrected chi connectivity index (χ3v) is 3.57. The first kappa shape index (κ1) is 13.5.